The normalized spacial score (nSPS) is 23.2. The van der Waals surface area contributed by atoms with Gasteiger partial charge in [-0.15, -0.1) is 0 Å². The summed E-state index contributed by atoms with van der Waals surface area (Å²) >= 11 is 0. The zero-order valence-electron chi connectivity index (χ0n) is 16.9. The second kappa shape index (κ2) is 8.62. The van der Waals surface area contributed by atoms with Crippen molar-refractivity contribution in [1.29, 1.82) is 0 Å². The van der Waals surface area contributed by atoms with Crippen molar-refractivity contribution in [2.24, 2.45) is 11.3 Å². The van der Waals surface area contributed by atoms with Crippen molar-refractivity contribution in [2.45, 2.75) is 64.2 Å². The Morgan fingerprint density at radius 3 is 2.64 bits per heavy atom. The third-order valence-corrected chi connectivity index (χ3v) is 7.23. The van der Waals surface area contributed by atoms with E-state index in [9.17, 15) is 9.59 Å². The highest BCUT2D eigenvalue weighted by Crippen LogP contribution is 2.41. The molecule has 3 aliphatic rings. The first-order chi connectivity index (χ1) is 13.7. The van der Waals surface area contributed by atoms with Crippen molar-refractivity contribution >= 4 is 11.8 Å². The van der Waals surface area contributed by atoms with Gasteiger partial charge in [0.1, 0.15) is 0 Å². The first kappa shape index (κ1) is 19.4. The molecular weight excluding hydrogens is 350 g/mol. The first-order valence-electron chi connectivity index (χ1n) is 11.1. The second-order valence-electron chi connectivity index (χ2n) is 9.09. The molecule has 0 bridgehead atoms. The monoisotopic (exact) mass is 383 g/mol. The van der Waals surface area contributed by atoms with Crippen molar-refractivity contribution in [2.75, 3.05) is 26.2 Å². The molecule has 1 saturated carbocycles. The van der Waals surface area contributed by atoms with Crippen LogP contribution in [-0.4, -0.2) is 52.8 Å². The van der Waals surface area contributed by atoms with Crippen LogP contribution in [0.3, 0.4) is 0 Å². The molecule has 3 fully saturated rings. The van der Waals surface area contributed by atoms with E-state index >= 15 is 0 Å². The summed E-state index contributed by atoms with van der Waals surface area (Å²) in [5.74, 6) is 0.955. The van der Waals surface area contributed by atoms with Crippen LogP contribution in [0.4, 0.5) is 0 Å². The number of rotatable bonds is 4. The molecule has 5 nitrogen and oxygen atoms in total. The van der Waals surface area contributed by atoms with Gasteiger partial charge in [0.25, 0.3) is 0 Å². The molecule has 1 aromatic heterocycles. The van der Waals surface area contributed by atoms with Crippen LogP contribution < -0.4 is 0 Å². The van der Waals surface area contributed by atoms with Crippen molar-refractivity contribution < 1.29 is 9.59 Å². The van der Waals surface area contributed by atoms with Crippen molar-refractivity contribution in [3.05, 3.63) is 30.1 Å². The molecule has 1 aliphatic carbocycles. The Hall–Kier alpha value is -1.91. The molecule has 2 aliphatic heterocycles. The van der Waals surface area contributed by atoms with E-state index in [-0.39, 0.29) is 17.2 Å². The van der Waals surface area contributed by atoms with Gasteiger partial charge in [-0.2, -0.15) is 0 Å². The largest absolute Gasteiger partial charge is 0.342 e. The summed E-state index contributed by atoms with van der Waals surface area (Å²) in [7, 11) is 0. The molecule has 2 saturated heterocycles. The lowest BCUT2D eigenvalue weighted by molar-refractivity contribution is -0.144. The van der Waals surface area contributed by atoms with E-state index in [0.29, 0.717) is 12.3 Å². The zero-order chi connectivity index (χ0) is 19.4. The number of aromatic nitrogens is 1. The Bertz CT molecular complexity index is 676. The smallest absolute Gasteiger partial charge is 0.225 e. The molecule has 0 atom stereocenters. The van der Waals surface area contributed by atoms with Crippen LogP contribution in [-0.2, 0) is 16.0 Å². The molecule has 4 rings (SSSR count). The summed E-state index contributed by atoms with van der Waals surface area (Å²) in [5, 5.41) is 0. The van der Waals surface area contributed by atoms with Gasteiger partial charge in [-0.25, -0.2) is 0 Å². The number of nitrogens with zero attached hydrogens (tertiary/aromatic N) is 3. The predicted octanol–water partition coefficient (Wildman–Crippen LogP) is 3.44. The van der Waals surface area contributed by atoms with Crippen LogP contribution in [0.2, 0.25) is 0 Å². The Morgan fingerprint density at radius 1 is 1.14 bits per heavy atom. The molecule has 0 unspecified atom stereocenters. The summed E-state index contributed by atoms with van der Waals surface area (Å²) in [6, 6.07) is 4.03. The Kier molecular flexibility index (Phi) is 5.98. The molecule has 2 amide bonds. The van der Waals surface area contributed by atoms with E-state index in [1.807, 2.05) is 12.3 Å². The second-order valence-corrected chi connectivity index (χ2v) is 9.09. The molecular formula is C23H33N3O2. The van der Waals surface area contributed by atoms with Gasteiger partial charge in [-0.05, 0) is 55.6 Å². The van der Waals surface area contributed by atoms with Crippen LogP contribution in [0.1, 0.15) is 63.4 Å². The lowest BCUT2D eigenvalue weighted by Crippen LogP contribution is -2.53. The van der Waals surface area contributed by atoms with E-state index in [1.54, 1.807) is 6.20 Å². The number of carbonyl (C=O) groups excluding carboxylic acids is 2. The number of carbonyl (C=O) groups is 2. The van der Waals surface area contributed by atoms with Gasteiger partial charge in [0.2, 0.25) is 11.8 Å². The number of hydrogen-bond donors (Lipinski definition) is 0. The van der Waals surface area contributed by atoms with E-state index in [4.69, 9.17) is 0 Å². The molecule has 0 radical (unpaired) electrons. The summed E-state index contributed by atoms with van der Waals surface area (Å²) in [5.41, 5.74) is 1.40. The minimum Gasteiger partial charge on any atom is -0.342 e. The minimum atomic E-state index is 0.214. The number of amides is 2. The Morgan fingerprint density at radius 2 is 1.93 bits per heavy atom. The van der Waals surface area contributed by atoms with Gasteiger partial charge in [0, 0.05) is 50.9 Å². The Labute approximate surface area is 168 Å². The molecule has 0 aromatic carbocycles. The average molecular weight is 384 g/mol. The number of likely N-dealkylation sites (tertiary alicyclic amines) is 2. The van der Waals surface area contributed by atoms with Crippen LogP contribution in [0.5, 0.6) is 0 Å². The van der Waals surface area contributed by atoms with Gasteiger partial charge >= 0.3 is 0 Å². The molecule has 3 heterocycles. The summed E-state index contributed by atoms with van der Waals surface area (Å²) in [6.07, 6.45) is 14.1. The van der Waals surface area contributed by atoms with Crippen LogP contribution in [0.15, 0.2) is 24.5 Å². The quantitative estimate of drug-likeness (QED) is 0.800. The van der Waals surface area contributed by atoms with Crippen LogP contribution in [0.25, 0.3) is 0 Å². The van der Waals surface area contributed by atoms with E-state index in [1.165, 1.54) is 24.8 Å². The maximum Gasteiger partial charge on any atom is 0.225 e. The van der Waals surface area contributed by atoms with Crippen molar-refractivity contribution in [3.8, 4) is 0 Å². The highest BCUT2D eigenvalue weighted by Gasteiger charge is 2.42. The summed E-state index contributed by atoms with van der Waals surface area (Å²) in [6.45, 7) is 3.38. The van der Waals surface area contributed by atoms with Gasteiger partial charge in [0.05, 0.1) is 0 Å². The number of pyridine rings is 1. The van der Waals surface area contributed by atoms with Crippen molar-refractivity contribution in [3.63, 3.8) is 0 Å². The standard InChI is InChI=1S/C23H33N3O2/c27-21-8-10-23(18-26(21)14-9-19-5-4-13-24-17-19)11-15-25(16-12-23)22(28)20-6-2-1-3-7-20/h4-5,13,17,20H,1-3,6-12,14-16,18H2. The first-order valence-corrected chi connectivity index (χ1v) is 11.1. The SMILES string of the molecule is O=C1CCC2(CCN(C(=O)C3CCCCC3)CC2)CN1CCc1cccnc1. The zero-order valence-corrected chi connectivity index (χ0v) is 16.9. The van der Waals surface area contributed by atoms with E-state index in [2.05, 4.69) is 20.9 Å². The van der Waals surface area contributed by atoms with Gasteiger partial charge < -0.3 is 9.80 Å². The average Bonchev–Trinajstić information content (AvgIpc) is 2.76. The highest BCUT2D eigenvalue weighted by molar-refractivity contribution is 5.79. The molecule has 152 valence electrons. The lowest BCUT2D eigenvalue weighted by Gasteiger charge is -2.48. The van der Waals surface area contributed by atoms with E-state index < -0.39 is 0 Å². The molecule has 1 spiro atoms. The summed E-state index contributed by atoms with van der Waals surface area (Å²) < 4.78 is 0. The number of piperidine rings is 2. The Balaban J connectivity index is 1.31. The third-order valence-electron chi connectivity index (χ3n) is 7.23. The van der Waals surface area contributed by atoms with Crippen molar-refractivity contribution in [1.82, 2.24) is 14.8 Å². The lowest BCUT2D eigenvalue weighted by atomic mass is 9.72. The fourth-order valence-corrected chi connectivity index (χ4v) is 5.33. The number of hydrogen-bond acceptors (Lipinski definition) is 3. The molecule has 1 aromatic rings. The van der Waals surface area contributed by atoms with Crippen LogP contribution in [0, 0.1) is 11.3 Å². The van der Waals surface area contributed by atoms with Gasteiger partial charge in [-0.3, -0.25) is 14.6 Å². The topological polar surface area (TPSA) is 53.5 Å². The summed E-state index contributed by atoms with van der Waals surface area (Å²) in [4.78, 5) is 33.7. The molecule has 28 heavy (non-hydrogen) atoms. The van der Waals surface area contributed by atoms with Gasteiger partial charge in [0.15, 0.2) is 0 Å². The fraction of sp³-hybridized carbons (Fsp3) is 0.696. The van der Waals surface area contributed by atoms with Crippen LogP contribution >= 0.6 is 0 Å². The predicted molar refractivity (Wildman–Crippen MR) is 109 cm³/mol. The molecule has 5 heteroatoms. The third kappa shape index (κ3) is 4.39. The maximum absolute atomic E-state index is 12.9. The van der Waals surface area contributed by atoms with E-state index in [0.717, 1.165) is 64.7 Å². The minimum absolute atomic E-state index is 0.214. The molecule has 0 N–H and O–H groups in total. The maximum atomic E-state index is 12.9. The van der Waals surface area contributed by atoms with Gasteiger partial charge in [-0.1, -0.05) is 25.3 Å². The fourth-order valence-electron chi connectivity index (χ4n) is 5.33. The highest BCUT2D eigenvalue weighted by atomic mass is 16.2.